The van der Waals surface area contributed by atoms with Gasteiger partial charge in [0.2, 0.25) is 7.37 Å². The molecule has 0 bridgehead atoms. The average Bonchev–Trinajstić information content (AvgIpc) is 2.06. The highest BCUT2D eigenvalue weighted by Crippen LogP contribution is 2.51. The molecule has 0 unspecified atom stereocenters. The number of aliphatic hydroxyl groups is 1. The zero-order valence-electron chi connectivity index (χ0n) is 6.82. The van der Waals surface area contributed by atoms with E-state index < -0.39 is 7.37 Å². The first-order valence-corrected chi connectivity index (χ1v) is 5.94. The maximum absolute atomic E-state index is 11.6. The van der Waals surface area contributed by atoms with Gasteiger partial charge in [0.15, 0.2) is 0 Å². The van der Waals surface area contributed by atoms with Crippen molar-refractivity contribution in [1.29, 1.82) is 0 Å². The summed E-state index contributed by atoms with van der Waals surface area (Å²) in [5, 5.41) is 8.80. The fourth-order valence-corrected chi connectivity index (χ4v) is 3.49. The van der Waals surface area contributed by atoms with Crippen LogP contribution in [0, 0.1) is 5.92 Å². The maximum atomic E-state index is 11.6. The monoisotopic (exact) mass is 178 g/mol. The van der Waals surface area contributed by atoms with E-state index in [2.05, 4.69) is 0 Å². The Morgan fingerprint density at radius 1 is 1.55 bits per heavy atom. The van der Waals surface area contributed by atoms with Gasteiger partial charge in [-0.25, -0.2) is 0 Å². The first-order valence-electron chi connectivity index (χ1n) is 3.95. The van der Waals surface area contributed by atoms with E-state index in [4.69, 9.17) is 9.63 Å². The molecule has 1 rings (SSSR count). The van der Waals surface area contributed by atoms with E-state index in [0.717, 1.165) is 12.8 Å². The third kappa shape index (κ3) is 2.29. The number of rotatable bonds is 2. The predicted octanol–water partition coefficient (Wildman–Crippen LogP) is 1.31. The topological polar surface area (TPSA) is 46.5 Å². The molecule has 0 saturated carbocycles. The highest BCUT2D eigenvalue weighted by Gasteiger charge is 2.29. The first kappa shape index (κ1) is 9.24. The number of hydrogen-bond acceptors (Lipinski definition) is 3. The average molecular weight is 178 g/mol. The quantitative estimate of drug-likeness (QED) is 0.648. The summed E-state index contributed by atoms with van der Waals surface area (Å²) < 4.78 is 16.5. The van der Waals surface area contributed by atoms with Crippen LogP contribution in [-0.2, 0) is 9.09 Å². The SMILES string of the molecule is COP1(=O)CCC(CO)CC1. The third-order valence-electron chi connectivity index (χ3n) is 2.35. The van der Waals surface area contributed by atoms with Crippen molar-refractivity contribution in [3.63, 3.8) is 0 Å². The lowest BCUT2D eigenvalue weighted by atomic mass is 10.1. The molecule has 1 heterocycles. The molecule has 1 saturated heterocycles. The van der Waals surface area contributed by atoms with Crippen LogP contribution in [0.5, 0.6) is 0 Å². The second-order valence-corrected chi connectivity index (χ2v) is 5.96. The largest absolute Gasteiger partial charge is 0.396 e. The van der Waals surface area contributed by atoms with Gasteiger partial charge in [0.05, 0.1) is 0 Å². The minimum absolute atomic E-state index is 0.226. The second kappa shape index (κ2) is 3.70. The first-order chi connectivity index (χ1) is 5.20. The molecule has 0 aromatic heterocycles. The molecule has 1 N–H and O–H groups in total. The maximum Gasteiger partial charge on any atom is 0.202 e. The summed E-state index contributed by atoms with van der Waals surface area (Å²) in [6.45, 7) is 0.226. The highest BCUT2D eigenvalue weighted by molar-refractivity contribution is 7.59. The van der Waals surface area contributed by atoms with Crippen LogP contribution in [0.4, 0.5) is 0 Å². The zero-order chi connectivity index (χ0) is 8.32. The summed E-state index contributed by atoms with van der Waals surface area (Å²) >= 11 is 0. The summed E-state index contributed by atoms with van der Waals surface area (Å²) in [6.07, 6.45) is 2.99. The van der Waals surface area contributed by atoms with Crippen LogP contribution in [0.1, 0.15) is 12.8 Å². The van der Waals surface area contributed by atoms with Crippen LogP contribution in [0.25, 0.3) is 0 Å². The van der Waals surface area contributed by atoms with Crippen molar-refractivity contribution in [3.05, 3.63) is 0 Å². The molecule has 11 heavy (non-hydrogen) atoms. The fraction of sp³-hybridized carbons (Fsp3) is 1.00. The van der Waals surface area contributed by atoms with Gasteiger partial charge in [-0.1, -0.05) is 0 Å². The van der Waals surface area contributed by atoms with Gasteiger partial charge in [-0.05, 0) is 18.8 Å². The van der Waals surface area contributed by atoms with Crippen LogP contribution >= 0.6 is 7.37 Å². The molecular weight excluding hydrogens is 163 g/mol. The van der Waals surface area contributed by atoms with Gasteiger partial charge in [0, 0.05) is 26.0 Å². The van der Waals surface area contributed by atoms with Gasteiger partial charge in [-0.2, -0.15) is 0 Å². The molecule has 0 aliphatic carbocycles. The van der Waals surface area contributed by atoms with Gasteiger partial charge in [-0.15, -0.1) is 0 Å². The summed E-state index contributed by atoms with van der Waals surface area (Å²) in [6, 6.07) is 0. The molecule has 0 spiro atoms. The molecule has 0 atom stereocenters. The summed E-state index contributed by atoms with van der Waals surface area (Å²) in [5.74, 6) is 0.354. The highest BCUT2D eigenvalue weighted by atomic mass is 31.2. The van der Waals surface area contributed by atoms with E-state index in [1.165, 1.54) is 7.11 Å². The van der Waals surface area contributed by atoms with E-state index in [1.807, 2.05) is 0 Å². The van der Waals surface area contributed by atoms with Crippen molar-refractivity contribution in [2.45, 2.75) is 12.8 Å². The smallest absolute Gasteiger partial charge is 0.202 e. The van der Waals surface area contributed by atoms with Crippen molar-refractivity contribution in [1.82, 2.24) is 0 Å². The Balaban J connectivity index is 2.41. The third-order valence-corrected chi connectivity index (χ3v) is 4.89. The van der Waals surface area contributed by atoms with E-state index in [1.54, 1.807) is 0 Å². The molecule has 3 nitrogen and oxygen atoms in total. The molecular formula is C7H15O3P. The van der Waals surface area contributed by atoms with Gasteiger partial charge >= 0.3 is 0 Å². The molecule has 0 amide bonds. The second-order valence-electron chi connectivity index (χ2n) is 3.07. The predicted molar refractivity (Wildman–Crippen MR) is 44.2 cm³/mol. The zero-order valence-corrected chi connectivity index (χ0v) is 7.72. The summed E-state index contributed by atoms with van der Waals surface area (Å²) in [7, 11) is -0.742. The molecule has 1 aliphatic heterocycles. The lowest BCUT2D eigenvalue weighted by Crippen LogP contribution is -2.17. The molecule has 0 aromatic carbocycles. The Morgan fingerprint density at radius 2 is 2.09 bits per heavy atom. The molecule has 1 fully saturated rings. The molecule has 0 aromatic rings. The van der Waals surface area contributed by atoms with Gasteiger partial charge < -0.3 is 9.63 Å². The van der Waals surface area contributed by atoms with Crippen LogP contribution in [-0.4, -0.2) is 31.1 Å². The van der Waals surface area contributed by atoms with E-state index >= 15 is 0 Å². The Kier molecular flexibility index (Phi) is 3.11. The van der Waals surface area contributed by atoms with Crippen LogP contribution in [0.15, 0.2) is 0 Å². The van der Waals surface area contributed by atoms with Gasteiger partial charge in [0.1, 0.15) is 0 Å². The van der Waals surface area contributed by atoms with Gasteiger partial charge in [-0.3, -0.25) is 4.57 Å². The standard InChI is InChI=1S/C7H15O3P/c1-10-11(9)4-2-7(6-8)3-5-11/h7-8H,2-6H2,1H3. The lowest BCUT2D eigenvalue weighted by molar-refractivity contribution is 0.212. The van der Waals surface area contributed by atoms with Crippen LogP contribution in [0.2, 0.25) is 0 Å². The summed E-state index contributed by atoms with van der Waals surface area (Å²) in [5.41, 5.74) is 0. The fourth-order valence-electron chi connectivity index (χ4n) is 1.38. The van der Waals surface area contributed by atoms with Gasteiger partial charge in [0.25, 0.3) is 0 Å². The Hall–Kier alpha value is 0.150. The van der Waals surface area contributed by atoms with E-state index in [9.17, 15) is 4.57 Å². The van der Waals surface area contributed by atoms with Crippen molar-refractivity contribution in [3.8, 4) is 0 Å². The Labute approximate surface area is 67.2 Å². The Morgan fingerprint density at radius 3 is 2.45 bits per heavy atom. The lowest BCUT2D eigenvalue weighted by Gasteiger charge is -2.26. The van der Waals surface area contributed by atoms with Crippen molar-refractivity contribution in [2.24, 2.45) is 5.92 Å². The number of hydrogen-bond donors (Lipinski definition) is 1. The normalized spacial score (nSPS) is 38.9. The Bertz CT molecular complexity index is 157. The minimum atomic E-state index is -2.26. The van der Waals surface area contributed by atoms with E-state index in [0.29, 0.717) is 18.2 Å². The summed E-state index contributed by atoms with van der Waals surface area (Å²) in [4.78, 5) is 0. The molecule has 0 radical (unpaired) electrons. The van der Waals surface area contributed by atoms with Crippen LogP contribution in [0.3, 0.4) is 0 Å². The van der Waals surface area contributed by atoms with Crippen molar-refractivity contribution in [2.75, 3.05) is 26.0 Å². The molecule has 66 valence electrons. The minimum Gasteiger partial charge on any atom is -0.396 e. The van der Waals surface area contributed by atoms with Crippen molar-refractivity contribution >= 4 is 7.37 Å². The molecule has 1 aliphatic rings. The van der Waals surface area contributed by atoms with Crippen LogP contribution < -0.4 is 0 Å². The van der Waals surface area contributed by atoms with Crippen molar-refractivity contribution < 1.29 is 14.2 Å². The number of aliphatic hydroxyl groups excluding tert-OH is 1. The van der Waals surface area contributed by atoms with E-state index in [-0.39, 0.29) is 6.61 Å². The molecule has 4 heteroatoms.